The topological polar surface area (TPSA) is 50.9 Å². The molecule has 0 atom stereocenters. The van der Waals surface area contributed by atoms with Gasteiger partial charge in [0, 0.05) is 17.5 Å². The molecule has 1 aromatic heterocycles. The SMILES string of the molecule is CSC(C)(C)CNc1cccnc1N. The lowest BCUT2D eigenvalue weighted by Crippen LogP contribution is -2.26. The molecule has 0 amide bonds. The van der Waals surface area contributed by atoms with Gasteiger partial charge in [-0.3, -0.25) is 0 Å². The van der Waals surface area contributed by atoms with E-state index in [4.69, 9.17) is 5.73 Å². The first-order valence-electron chi connectivity index (χ1n) is 4.55. The van der Waals surface area contributed by atoms with E-state index in [9.17, 15) is 0 Å². The first-order chi connectivity index (χ1) is 6.55. The molecule has 0 saturated carbocycles. The van der Waals surface area contributed by atoms with Gasteiger partial charge in [0.2, 0.25) is 0 Å². The molecular weight excluding hydrogens is 194 g/mol. The highest BCUT2D eigenvalue weighted by Gasteiger charge is 2.15. The van der Waals surface area contributed by atoms with Crippen LogP contribution in [0.1, 0.15) is 13.8 Å². The zero-order valence-corrected chi connectivity index (χ0v) is 9.69. The van der Waals surface area contributed by atoms with Crippen molar-refractivity contribution in [3.63, 3.8) is 0 Å². The van der Waals surface area contributed by atoms with Gasteiger partial charge in [-0.25, -0.2) is 4.98 Å². The summed E-state index contributed by atoms with van der Waals surface area (Å²) in [5.41, 5.74) is 6.62. The molecule has 0 fully saturated rings. The van der Waals surface area contributed by atoms with Gasteiger partial charge in [-0.2, -0.15) is 11.8 Å². The quantitative estimate of drug-likeness (QED) is 0.801. The molecule has 0 aliphatic carbocycles. The lowest BCUT2D eigenvalue weighted by molar-refractivity contribution is 0.752. The summed E-state index contributed by atoms with van der Waals surface area (Å²) >= 11 is 1.83. The second-order valence-corrected chi connectivity index (χ2v) is 5.27. The molecule has 78 valence electrons. The van der Waals surface area contributed by atoms with Crippen molar-refractivity contribution in [3.8, 4) is 0 Å². The van der Waals surface area contributed by atoms with Gasteiger partial charge in [-0.15, -0.1) is 0 Å². The average molecular weight is 211 g/mol. The van der Waals surface area contributed by atoms with Crippen molar-refractivity contribution in [2.45, 2.75) is 18.6 Å². The predicted octanol–water partition coefficient (Wildman–Crippen LogP) is 2.22. The summed E-state index contributed by atoms with van der Waals surface area (Å²) in [6.07, 6.45) is 3.80. The second kappa shape index (κ2) is 4.55. The zero-order chi connectivity index (χ0) is 10.6. The van der Waals surface area contributed by atoms with Crippen molar-refractivity contribution < 1.29 is 0 Å². The number of aromatic nitrogens is 1. The van der Waals surface area contributed by atoms with Crippen LogP contribution in [0.2, 0.25) is 0 Å². The van der Waals surface area contributed by atoms with Crippen LogP contribution >= 0.6 is 11.8 Å². The number of anilines is 2. The molecule has 0 saturated heterocycles. The Bertz CT molecular complexity index is 299. The van der Waals surface area contributed by atoms with Gasteiger partial charge in [0.15, 0.2) is 0 Å². The molecule has 0 spiro atoms. The maximum atomic E-state index is 5.71. The van der Waals surface area contributed by atoms with Crippen molar-refractivity contribution in [1.29, 1.82) is 0 Å². The lowest BCUT2D eigenvalue weighted by Gasteiger charge is -2.23. The summed E-state index contributed by atoms with van der Waals surface area (Å²) in [6, 6.07) is 3.82. The molecule has 4 heteroatoms. The number of hydrogen-bond acceptors (Lipinski definition) is 4. The van der Waals surface area contributed by atoms with E-state index in [1.165, 1.54) is 0 Å². The van der Waals surface area contributed by atoms with E-state index < -0.39 is 0 Å². The smallest absolute Gasteiger partial charge is 0.146 e. The summed E-state index contributed by atoms with van der Waals surface area (Å²) in [4.78, 5) is 4.01. The Labute approximate surface area is 89.5 Å². The van der Waals surface area contributed by atoms with Crippen LogP contribution in [0, 0.1) is 0 Å². The Hall–Kier alpha value is -0.900. The predicted molar refractivity (Wildman–Crippen MR) is 64.7 cm³/mol. The van der Waals surface area contributed by atoms with Gasteiger partial charge < -0.3 is 11.1 Å². The van der Waals surface area contributed by atoms with E-state index in [1.807, 2.05) is 23.9 Å². The van der Waals surface area contributed by atoms with Crippen LogP contribution in [-0.4, -0.2) is 22.5 Å². The first-order valence-corrected chi connectivity index (χ1v) is 5.77. The Morgan fingerprint density at radius 3 is 2.86 bits per heavy atom. The summed E-state index contributed by atoms with van der Waals surface area (Å²) in [5.74, 6) is 0.560. The molecule has 0 bridgehead atoms. The van der Waals surface area contributed by atoms with Gasteiger partial charge in [0.1, 0.15) is 5.82 Å². The summed E-state index contributed by atoms with van der Waals surface area (Å²) in [7, 11) is 0. The minimum Gasteiger partial charge on any atom is -0.382 e. The van der Waals surface area contributed by atoms with E-state index in [1.54, 1.807) is 6.20 Å². The number of pyridine rings is 1. The van der Waals surface area contributed by atoms with E-state index >= 15 is 0 Å². The summed E-state index contributed by atoms with van der Waals surface area (Å²) in [5, 5.41) is 3.30. The highest BCUT2D eigenvalue weighted by molar-refractivity contribution is 7.99. The van der Waals surface area contributed by atoms with Gasteiger partial charge >= 0.3 is 0 Å². The van der Waals surface area contributed by atoms with Gasteiger partial charge in [-0.1, -0.05) is 0 Å². The molecule has 0 radical (unpaired) electrons. The standard InChI is InChI=1S/C10H17N3S/c1-10(2,14-3)7-13-8-5-4-6-12-9(8)11/h4-6,13H,7H2,1-3H3,(H2,11,12). The Balaban J connectivity index is 2.58. The van der Waals surface area contributed by atoms with Gasteiger partial charge in [0.05, 0.1) is 5.69 Å². The van der Waals surface area contributed by atoms with E-state index in [-0.39, 0.29) is 4.75 Å². The Morgan fingerprint density at radius 2 is 2.29 bits per heavy atom. The maximum Gasteiger partial charge on any atom is 0.146 e. The fourth-order valence-electron chi connectivity index (χ4n) is 0.947. The molecular formula is C10H17N3S. The lowest BCUT2D eigenvalue weighted by atomic mass is 10.2. The number of nitrogens with two attached hydrogens (primary N) is 1. The maximum absolute atomic E-state index is 5.71. The number of hydrogen-bond donors (Lipinski definition) is 2. The van der Waals surface area contributed by atoms with Crippen LogP contribution in [0.15, 0.2) is 18.3 Å². The van der Waals surface area contributed by atoms with Crippen LogP contribution < -0.4 is 11.1 Å². The molecule has 3 N–H and O–H groups in total. The molecule has 1 rings (SSSR count). The van der Waals surface area contributed by atoms with Crippen LogP contribution in [0.5, 0.6) is 0 Å². The summed E-state index contributed by atoms with van der Waals surface area (Å²) in [6.45, 7) is 5.26. The zero-order valence-electron chi connectivity index (χ0n) is 8.87. The third kappa shape index (κ3) is 3.10. The third-order valence-corrected chi connectivity index (χ3v) is 3.35. The summed E-state index contributed by atoms with van der Waals surface area (Å²) < 4.78 is 0.211. The van der Waals surface area contributed by atoms with Crippen molar-refractivity contribution in [1.82, 2.24) is 4.98 Å². The van der Waals surface area contributed by atoms with E-state index in [0.29, 0.717) is 5.82 Å². The monoisotopic (exact) mass is 211 g/mol. The first kappa shape index (κ1) is 11.2. The van der Waals surface area contributed by atoms with E-state index in [2.05, 4.69) is 30.4 Å². The van der Waals surface area contributed by atoms with E-state index in [0.717, 1.165) is 12.2 Å². The number of nitrogens with one attached hydrogen (secondary N) is 1. The molecule has 1 aromatic rings. The number of rotatable bonds is 4. The highest BCUT2D eigenvalue weighted by atomic mass is 32.2. The molecule has 0 aromatic carbocycles. The van der Waals surface area contributed by atoms with Crippen molar-refractivity contribution >= 4 is 23.3 Å². The largest absolute Gasteiger partial charge is 0.382 e. The van der Waals surface area contributed by atoms with Crippen LogP contribution in [-0.2, 0) is 0 Å². The van der Waals surface area contributed by atoms with Crippen LogP contribution in [0.25, 0.3) is 0 Å². The van der Waals surface area contributed by atoms with Crippen LogP contribution in [0.3, 0.4) is 0 Å². The highest BCUT2D eigenvalue weighted by Crippen LogP contribution is 2.23. The minimum atomic E-state index is 0.211. The second-order valence-electron chi connectivity index (χ2n) is 3.75. The Morgan fingerprint density at radius 1 is 1.57 bits per heavy atom. The third-order valence-electron chi connectivity index (χ3n) is 2.10. The Kier molecular flexibility index (Phi) is 3.63. The van der Waals surface area contributed by atoms with Crippen molar-refractivity contribution in [2.24, 2.45) is 0 Å². The minimum absolute atomic E-state index is 0.211. The molecule has 0 aliphatic heterocycles. The normalized spacial score (nSPS) is 11.4. The fraction of sp³-hybridized carbons (Fsp3) is 0.500. The molecule has 0 aliphatic rings. The molecule has 0 unspecified atom stereocenters. The average Bonchev–Trinajstić information content (AvgIpc) is 2.17. The number of thioether (sulfide) groups is 1. The number of nitrogens with zero attached hydrogens (tertiary/aromatic N) is 1. The van der Waals surface area contributed by atoms with Crippen molar-refractivity contribution in [2.75, 3.05) is 23.9 Å². The number of nitrogen functional groups attached to an aromatic ring is 1. The molecule has 1 heterocycles. The molecule has 14 heavy (non-hydrogen) atoms. The van der Waals surface area contributed by atoms with Gasteiger partial charge in [0.25, 0.3) is 0 Å². The van der Waals surface area contributed by atoms with Crippen LogP contribution in [0.4, 0.5) is 11.5 Å². The van der Waals surface area contributed by atoms with Crippen molar-refractivity contribution in [3.05, 3.63) is 18.3 Å². The van der Waals surface area contributed by atoms with Gasteiger partial charge in [-0.05, 0) is 32.2 Å². The molecule has 3 nitrogen and oxygen atoms in total. The fourth-order valence-corrected chi connectivity index (χ4v) is 1.16.